The number of carbonyl (C=O) groups excluding carboxylic acids is 1. The molecule has 0 aromatic rings. The third-order valence-corrected chi connectivity index (χ3v) is 5.58. The van der Waals surface area contributed by atoms with Crippen molar-refractivity contribution in [2.75, 3.05) is 0 Å². The van der Waals surface area contributed by atoms with Crippen LogP contribution in [0.3, 0.4) is 0 Å². The first-order chi connectivity index (χ1) is 7.08. The van der Waals surface area contributed by atoms with Gasteiger partial charge in [-0.25, -0.2) is 4.79 Å². The molecule has 4 fully saturated rings. The first kappa shape index (κ1) is 8.34. The average Bonchev–Trinajstić information content (AvgIpc) is 2.09. The predicted octanol–water partition coefficient (Wildman–Crippen LogP) is 1.02. The second-order valence-corrected chi connectivity index (χ2v) is 5.73. The summed E-state index contributed by atoms with van der Waals surface area (Å²) in [4.78, 5) is 11.3. The van der Waals surface area contributed by atoms with E-state index in [-0.39, 0.29) is 17.0 Å². The maximum atomic E-state index is 11.3. The smallest absolute Gasteiger partial charge is 0.330 e. The fourth-order valence-electron chi connectivity index (χ4n) is 5.38. The Morgan fingerprint density at radius 1 is 1.47 bits per heavy atom. The number of esters is 1. The molecule has 1 spiro atoms. The van der Waals surface area contributed by atoms with Crippen molar-refractivity contribution in [2.45, 2.75) is 36.9 Å². The van der Waals surface area contributed by atoms with Gasteiger partial charge in [-0.2, -0.15) is 0 Å². The maximum Gasteiger partial charge on any atom is 0.330 e. The lowest BCUT2D eigenvalue weighted by Gasteiger charge is -2.92. The summed E-state index contributed by atoms with van der Waals surface area (Å²) in [5, 5.41) is 10.3. The lowest BCUT2D eigenvalue weighted by atomic mass is 9.15. The molecule has 0 radical (unpaired) electrons. The molecule has 4 saturated carbocycles. The topological polar surface area (TPSA) is 46.5 Å². The zero-order chi connectivity index (χ0) is 10.5. The van der Waals surface area contributed by atoms with Crippen molar-refractivity contribution in [2.24, 2.45) is 17.3 Å². The van der Waals surface area contributed by atoms with Gasteiger partial charge >= 0.3 is 5.97 Å². The van der Waals surface area contributed by atoms with E-state index in [1.54, 1.807) is 0 Å². The Morgan fingerprint density at radius 3 is 2.73 bits per heavy atom. The third kappa shape index (κ3) is 0.521. The van der Waals surface area contributed by atoms with Crippen molar-refractivity contribution in [3.8, 4) is 0 Å². The molecule has 3 heteroatoms. The SMILES string of the molecule is C=CC(=O)OC12CC3CC4CC(O)(C1)C432. The van der Waals surface area contributed by atoms with Gasteiger partial charge in [0.05, 0.1) is 5.60 Å². The largest absolute Gasteiger partial charge is 0.455 e. The zero-order valence-electron chi connectivity index (χ0n) is 8.53. The van der Waals surface area contributed by atoms with Crippen LogP contribution in [0.25, 0.3) is 0 Å². The summed E-state index contributed by atoms with van der Waals surface area (Å²) in [5.41, 5.74) is -0.808. The van der Waals surface area contributed by atoms with Gasteiger partial charge in [0.2, 0.25) is 0 Å². The quantitative estimate of drug-likeness (QED) is 0.542. The summed E-state index contributed by atoms with van der Waals surface area (Å²) in [5.74, 6) is 0.905. The normalized spacial score (nSPS) is 61.9. The van der Waals surface area contributed by atoms with Gasteiger partial charge in [0.25, 0.3) is 0 Å². The number of hydrogen-bond donors (Lipinski definition) is 1. The van der Waals surface area contributed by atoms with Crippen LogP contribution in [-0.2, 0) is 9.53 Å². The van der Waals surface area contributed by atoms with Crippen molar-refractivity contribution >= 4 is 5.97 Å². The third-order valence-electron chi connectivity index (χ3n) is 5.58. The zero-order valence-corrected chi connectivity index (χ0v) is 8.53. The van der Waals surface area contributed by atoms with Crippen molar-refractivity contribution in [3.05, 3.63) is 12.7 Å². The number of ether oxygens (including phenoxy) is 1. The van der Waals surface area contributed by atoms with E-state index >= 15 is 0 Å². The molecule has 80 valence electrons. The van der Waals surface area contributed by atoms with Crippen molar-refractivity contribution in [1.82, 2.24) is 0 Å². The van der Waals surface area contributed by atoms with Crippen LogP contribution in [0.15, 0.2) is 12.7 Å². The molecule has 0 aliphatic heterocycles. The standard InChI is InChI=1S/C12H14O3/c1-2-9(13)15-11-5-8-3-7-4-10(14,6-11)12(7,8)11/h2,7-8,14H,1,3-6H2. The monoisotopic (exact) mass is 206 g/mol. The van der Waals surface area contributed by atoms with Crippen LogP contribution >= 0.6 is 0 Å². The minimum atomic E-state index is -0.486. The van der Waals surface area contributed by atoms with Gasteiger partial charge in [-0.3, -0.25) is 0 Å². The molecule has 3 nitrogen and oxygen atoms in total. The van der Waals surface area contributed by atoms with Gasteiger partial charge in [0.15, 0.2) is 0 Å². The molecule has 4 aliphatic rings. The highest BCUT2D eigenvalue weighted by molar-refractivity contribution is 5.82. The molecule has 0 aromatic heterocycles. The Labute approximate surface area is 88.1 Å². The second-order valence-electron chi connectivity index (χ2n) is 5.73. The van der Waals surface area contributed by atoms with Gasteiger partial charge in [0.1, 0.15) is 5.60 Å². The minimum Gasteiger partial charge on any atom is -0.455 e. The van der Waals surface area contributed by atoms with Gasteiger partial charge in [-0.15, -0.1) is 0 Å². The molecule has 15 heavy (non-hydrogen) atoms. The summed E-state index contributed by atoms with van der Waals surface area (Å²) in [6.07, 6.45) is 5.01. The fourth-order valence-corrected chi connectivity index (χ4v) is 5.38. The molecule has 1 N–H and O–H groups in total. The highest BCUT2D eigenvalue weighted by Gasteiger charge is 2.96. The molecule has 0 saturated heterocycles. The Morgan fingerprint density at radius 2 is 2.20 bits per heavy atom. The van der Waals surface area contributed by atoms with Crippen LogP contribution < -0.4 is 0 Å². The summed E-state index contributed by atoms with van der Waals surface area (Å²) in [6, 6.07) is 0. The molecule has 0 heterocycles. The number of aliphatic hydroxyl groups is 1. The van der Waals surface area contributed by atoms with Gasteiger partial charge in [-0.05, 0) is 31.1 Å². The number of rotatable bonds is 2. The lowest BCUT2D eigenvalue weighted by molar-refractivity contribution is -0.503. The Bertz CT molecular complexity index is 398. The molecule has 5 unspecified atom stereocenters. The van der Waals surface area contributed by atoms with E-state index in [1.165, 1.54) is 12.5 Å². The second kappa shape index (κ2) is 1.88. The molecule has 5 atom stereocenters. The van der Waals surface area contributed by atoms with Gasteiger partial charge in [-0.1, -0.05) is 6.58 Å². The summed E-state index contributed by atoms with van der Waals surface area (Å²) in [7, 11) is 0. The van der Waals surface area contributed by atoms with E-state index in [2.05, 4.69) is 6.58 Å². The predicted molar refractivity (Wildman–Crippen MR) is 51.9 cm³/mol. The Kier molecular flexibility index (Phi) is 1.05. The van der Waals surface area contributed by atoms with E-state index in [4.69, 9.17) is 4.74 Å². The first-order valence-corrected chi connectivity index (χ1v) is 5.66. The Hall–Kier alpha value is -0.830. The van der Waals surface area contributed by atoms with Crippen molar-refractivity contribution < 1.29 is 14.6 Å². The van der Waals surface area contributed by atoms with Crippen LogP contribution in [0.2, 0.25) is 0 Å². The Balaban J connectivity index is 1.67. The van der Waals surface area contributed by atoms with Crippen molar-refractivity contribution in [3.63, 3.8) is 0 Å². The minimum absolute atomic E-state index is 0.0152. The van der Waals surface area contributed by atoms with Crippen LogP contribution in [0.5, 0.6) is 0 Å². The van der Waals surface area contributed by atoms with E-state index in [0.717, 1.165) is 12.8 Å². The molecule has 4 aliphatic carbocycles. The molecule has 0 bridgehead atoms. The summed E-state index contributed by atoms with van der Waals surface area (Å²) >= 11 is 0. The van der Waals surface area contributed by atoms with Crippen LogP contribution in [-0.4, -0.2) is 22.3 Å². The molecular weight excluding hydrogens is 192 g/mol. The lowest BCUT2D eigenvalue weighted by Crippen LogP contribution is -2.97. The molecular formula is C12H14O3. The molecule has 4 rings (SSSR count). The van der Waals surface area contributed by atoms with Crippen LogP contribution in [0.4, 0.5) is 0 Å². The summed E-state index contributed by atoms with van der Waals surface area (Å²) < 4.78 is 5.50. The summed E-state index contributed by atoms with van der Waals surface area (Å²) in [6.45, 7) is 3.42. The highest BCUT2D eigenvalue weighted by Crippen LogP contribution is 2.91. The van der Waals surface area contributed by atoms with Crippen molar-refractivity contribution in [1.29, 1.82) is 0 Å². The first-order valence-electron chi connectivity index (χ1n) is 5.66. The van der Waals surface area contributed by atoms with Gasteiger partial charge in [0, 0.05) is 17.9 Å². The van der Waals surface area contributed by atoms with E-state index in [0.29, 0.717) is 18.3 Å². The molecule has 0 amide bonds. The van der Waals surface area contributed by atoms with Crippen LogP contribution in [0.1, 0.15) is 25.7 Å². The van der Waals surface area contributed by atoms with Crippen LogP contribution in [0, 0.1) is 17.3 Å². The molecule has 0 aromatic carbocycles. The fraction of sp³-hybridized carbons (Fsp3) is 0.750. The number of carbonyl (C=O) groups is 1. The van der Waals surface area contributed by atoms with E-state index in [1.807, 2.05) is 0 Å². The highest BCUT2D eigenvalue weighted by atomic mass is 16.6. The number of hydrogen-bond acceptors (Lipinski definition) is 3. The van der Waals surface area contributed by atoms with E-state index < -0.39 is 5.60 Å². The average molecular weight is 206 g/mol. The maximum absolute atomic E-state index is 11.3. The van der Waals surface area contributed by atoms with E-state index in [9.17, 15) is 9.90 Å². The van der Waals surface area contributed by atoms with Gasteiger partial charge < -0.3 is 9.84 Å².